The van der Waals surface area contributed by atoms with Crippen LogP contribution in [-0.2, 0) is 13.4 Å². The van der Waals surface area contributed by atoms with E-state index in [0.717, 1.165) is 0 Å². The second kappa shape index (κ2) is 12.0. The van der Waals surface area contributed by atoms with Crippen LogP contribution in [0.1, 0.15) is 0 Å². The molecule has 0 aliphatic heterocycles. The van der Waals surface area contributed by atoms with Crippen LogP contribution in [0.15, 0.2) is 91.0 Å². The fraction of sp³-hybridized carbons (Fsp3) is 0. The van der Waals surface area contributed by atoms with Crippen molar-refractivity contribution < 1.29 is 42.9 Å². The second-order valence-corrected chi connectivity index (χ2v) is 7.87. The van der Waals surface area contributed by atoms with Gasteiger partial charge in [0.1, 0.15) is 17.2 Å². The molecule has 1 atom stereocenters. The lowest BCUT2D eigenvalue weighted by Crippen LogP contribution is -1.95. The number of hydrogen-bond donors (Lipinski definition) is 5. The number of benzene rings is 3. The van der Waals surface area contributed by atoms with E-state index < -0.39 is 15.6 Å². The van der Waals surface area contributed by atoms with Gasteiger partial charge in [-0.1, -0.05) is 54.6 Å². The molecule has 29 heavy (non-hydrogen) atoms. The lowest BCUT2D eigenvalue weighted by Gasteiger charge is -2.12. The van der Waals surface area contributed by atoms with E-state index in [9.17, 15) is 9.13 Å². The molecular weight excluding hydrogens is 422 g/mol. The maximum atomic E-state index is 11.0. The molecule has 1 unspecified atom stereocenters. The maximum Gasteiger partial charge on any atom is 0.536 e. The van der Waals surface area contributed by atoms with Crippen LogP contribution in [0.2, 0.25) is 0 Å². The molecule has 0 aliphatic carbocycles. The van der Waals surface area contributed by atoms with Crippen molar-refractivity contribution in [1.82, 2.24) is 0 Å². The Hall–Kier alpha value is -2.64. The lowest BCUT2D eigenvalue weighted by atomic mass is 10.3. The number of phenols is 2. The van der Waals surface area contributed by atoms with Gasteiger partial charge in [0.25, 0.3) is 0 Å². The fourth-order valence-corrected chi connectivity index (χ4v) is 3.22. The Balaban J connectivity index is 0.000000248. The van der Waals surface area contributed by atoms with Gasteiger partial charge in [0.15, 0.2) is 0 Å². The Bertz CT molecular complexity index is 878. The molecule has 0 radical (unpaired) electrons. The van der Waals surface area contributed by atoms with Crippen molar-refractivity contribution in [2.24, 2.45) is 0 Å². The van der Waals surface area contributed by atoms with E-state index in [1.165, 1.54) is 24.3 Å². The predicted octanol–water partition coefficient (Wildman–Crippen LogP) is 4.06. The lowest BCUT2D eigenvalue weighted by molar-refractivity contribution is 0.229. The minimum absolute atomic E-state index is 0.0308. The zero-order valence-corrected chi connectivity index (χ0v) is 16.7. The minimum Gasteiger partial charge on any atom is -0.508 e. The third-order valence-electron chi connectivity index (χ3n) is 2.69. The minimum atomic E-state index is -5.06. The molecule has 0 saturated carbocycles. The normalized spacial score (nSPS) is 12.2. The van der Waals surface area contributed by atoms with E-state index in [4.69, 9.17) is 24.9 Å². The average molecular weight is 442 g/mol. The summed E-state index contributed by atoms with van der Waals surface area (Å²) in [5, 5.41) is 17.3. The molecule has 0 saturated heterocycles. The Morgan fingerprint density at radius 3 is 1.21 bits per heavy atom. The molecule has 0 amide bonds. The van der Waals surface area contributed by atoms with Crippen LogP contribution >= 0.6 is 15.6 Å². The van der Waals surface area contributed by atoms with Crippen LogP contribution in [0.25, 0.3) is 0 Å². The van der Waals surface area contributed by atoms with Crippen molar-refractivity contribution in [2.45, 2.75) is 0 Å². The van der Waals surface area contributed by atoms with Gasteiger partial charge in [-0.3, -0.25) is 4.89 Å². The molecule has 0 aliphatic rings. The first-order valence-electron chi connectivity index (χ1n) is 7.90. The van der Waals surface area contributed by atoms with E-state index in [1.807, 2.05) is 12.1 Å². The summed E-state index contributed by atoms with van der Waals surface area (Å²) >= 11 is 0. The number of aromatic hydroxyl groups is 2. The topological polar surface area (TPSA) is 154 Å². The molecule has 11 heteroatoms. The van der Waals surface area contributed by atoms with Gasteiger partial charge in [-0.25, -0.2) is 9.13 Å². The summed E-state index contributed by atoms with van der Waals surface area (Å²) in [6.07, 6.45) is 0. The molecule has 0 fully saturated rings. The summed E-state index contributed by atoms with van der Waals surface area (Å²) in [6, 6.07) is 24.8. The number of phosphoric ester groups is 1. The van der Waals surface area contributed by atoms with E-state index in [2.05, 4.69) is 8.83 Å². The second-order valence-electron chi connectivity index (χ2n) is 5.12. The average Bonchev–Trinajstić information content (AvgIpc) is 2.62. The third kappa shape index (κ3) is 13.2. The van der Waals surface area contributed by atoms with E-state index in [0.29, 0.717) is 11.5 Å². The monoisotopic (exact) mass is 442 g/mol. The zero-order valence-electron chi connectivity index (χ0n) is 14.9. The maximum absolute atomic E-state index is 11.0. The smallest absolute Gasteiger partial charge is 0.508 e. The van der Waals surface area contributed by atoms with E-state index in [-0.39, 0.29) is 5.75 Å². The summed E-state index contributed by atoms with van der Waals surface area (Å²) in [5.74, 6) is 0.613. The summed E-state index contributed by atoms with van der Waals surface area (Å²) in [6.45, 7) is 0. The largest absolute Gasteiger partial charge is 0.536 e. The van der Waals surface area contributed by atoms with E-state index >= 15 is 0 Å². The van der Waals surface area contributed by atoms with Gasteiger partial charge in [-0.2, -0.15) is 4.31 Å². The van der Waals surface area contributed by atoms with Crippen molar-refractivity contribution >= 4 is 15.6 Å². The number of para-hydroxylation sites is 3. The standard InChI is InChI=1S/C6H8O7P2.2C6H6O/c7-14(8,9)13-15(10,11)12-6-4-2-1-3-5-6;2*7-6-4-2-1-3-5-6/h1-5H,(H,10,11)(H2,7,8,9);2*1-5,7H. The van der Waals surface area contributed by atoms with Crippen LogP contribution < -0.4 is 4.52 Å². The molecule has 5 N–H and O–H groups in total. The molecule has 9 nitrogen and oxygen atoms in total. The Labute approximate surface area is 167 Å². The van der Waals surface area contributed by atoms with Crippen molar-refractivity contribution in [3.8, 4) is 17.2 Å². The van der Waals surface area contributed by atoms with Crippen LogP contribution in [0.5, 0.6) is 17.2 Å². The van der Waals surface area contributed by atoms with Gasteiger partial charge in [-0.15, -0.1) is 0 Å². The Morgan fingerprint density at radius 2 is 0.931 bits per heavy atom. The van der Waals surface area contributed by atoms with Gasteiger partial charge in [0, 0.05) is 0 Å². The summed E-state index contributed by atoms with van der Waals surface area (Å²) < 4.78 is 29.3. The highest BCUT2D eigenvalue weighted by atomic mass is 31.3. The van der Waals surface area contributed by atoms with Gasteiger partial charge in [0.2, 0.25) is 0 Å². The third-order valence-corrected chi connectivity index (χ3v) is 4.80. The summed E-state index contributed by atoms with van der Waals surface area (Å²) in [5.41, 5.74) is 0. The number of phosphoric acid groups is 2. The Kier molecular flexibility index (Phi) is 10.1. The SMILES string of the molecule is O=P(O)(O)OP(=O)(O)Oc1ccccc1.Oc1ccccc1.Oc1ccccc1. The first kappa shape index (κ1) is 24.4. The molecule has 156 valence electrons. The van der Waals surface area contributed by atoms with Gasteiger partial charge in [0.05, 0.1) is 0 Å². The van der Waals surface area contributed by atoms with Gasteiger partial charge >= 0.3 is 15.6 Å². The van der Waals surface area contributed by atoms with Crippen molar-refractivity contribution in [3.05, 3.63) is 91.0 Å². The molecule has 3 rings (SSSR count). The first-order valence-corrected chi connectivity index (χ1v) is 10.9. The first-order chi connectivity index (χ1) is 13.6. The molecule has 0 spiro atoms. The zero-order chi connectivity index (χ0) is 21.8. The fourth-order valence-electron chi connectivity index (χ4n) is 1.62. The van der Waals surface area contributed by atoms with Crippen LogP contribution in [0.4, 0.5) is 0 Å². The summed E-state index contributed by atoms with van der Waals surface area (Å²) in [4.78, 5) is 25.5. The van der Waals surface area contributed by atoms with Crippen LogP contribution in [-0.4, -0.2) is 24.9 Å². The highest BCUT2D eigenvalue weighted by Gasteiger charge is 2.33. The number of rotatable bonds is 4. The highest BCUT2D eigenvalue weighted by molar-refractivity contribution is 7.60. The molecule has 0 bridgehead atoms. The molecule has 3 aromatic rings. The number of phenolic OH excluding ortho intramolecular Hbond substituents is 2. The molecular formula is C18H20O9P2. The molecule has 3 aromatic carbocycles. The molecule has 0 aromatic heterocycles. The van der Waals surface area contributed by atoms with Crippen LogP contribution in [0, 0.1) is 0 Å². The van der Waals surface area contributed by atoms with Crippen molar-refractivity contribution in [2.75, 3.05) is 0 Å². The Morgan fingerprint density at radius 1 is 0.586 bits per heavy atom. The van der Waals surface area contributed by atoms with E-state index in [1.54, 1.807) is 54.6 Å². The number of hydrogen-bond acceptors (Lipinski definition) is 6. The van der Waals surface area contributed by atoms with Crippen LogP contribution in [0.3, 0.4) is 0 Å². The highest BCUT2D eigenvalue weighted by Crippen LogP contribution is 2.57. The van der Waals surface area contributed by atoms with Crippen molar-refractivity contribution in [1.29, 1.82) is 0 Å². The predicted molar refractivity (Wildman–Crippen MR) is 106 cm³/mol. The quantitative estimate of drug-likeness (QED) is 0.376. The molecule has 0 heterocycles. The van der Waals surface area contributed by atoms with Crippen molar-refractivity contribution in [3.63, 3.8) is 0 Å². The van der Waals surface area contributed by atoms with Gasteiger partial charge < -0.3 is 24.5 Å². The van der Waals surface area contributed by atoms with Gasteiger partial charge in [-0.05, 0) is 36.4 Å². The summed E-state index contributed by atoms with van der Waals surface area (Å²) in [7, 11) is -9.86.